The van der Waals surface area contributed by atoms with Gasteiger partial charge in [0.1, 0.15) is 0 Å². The number of aromatic nitrogens is 4. The van der Waals surface area contributed by atoms with Crippen LogP contribution >= 0.6 is 22.6 Å². The molecule has 0 fully saturated rings. The molecule has 130 valence electrons. The van der Waals surface area contributed by atoms with E-state index in [-0.39, 0.29) is 12.3 Å². The maximum atomic E-state index is 12.3. The molecule has 8 nitrogen and oxygen atoms in total. The topological polar surface area (TPSA) is 90.9 Å². The lowest BCUT2D eigenvalue weighted by Gasteiger charge is -2.08. The van der Waals surface area contributed by atoms with Gasteiger partial charge in [-0.05, 0) is 46.9 Å². The number of rotatable bonds is 4. The van der Waals surface area contributed by atoms with E-state index < -0.39 is 11.2 Å². The molecule has 1 N–H and O–H groups in total. The van der Waals surface area contributed by atoms with Gasteiger partial charge in [-0.25, -0.2) is 9.78 Å². The molecule has 2 heterocycles. The molecule has 0 bridgehead atoms. The maximum absolute atomic E-state index is 12.3. The molecular weight excluding hydrogens is 437 g/mol. The second-order valence-electron chi connectivity index (χ2n) is 5.62. The van der Waals surface area contributed by atoms with E-state index >= 15 is 0 Å². The summed E-state index contributed by atoms with van der Waals surface area (Å²) in [7, 11) is 2.98. The first-order chi connectivity index (χ1) is 11.9. The van der Waals surface area contributed by atoms with Crippen molar-refractivity contribution in [3.63, 3.8) is 0 Å². The SMILES string of the molecule is Cn1c(=O)c2c(ncn2CCC(=O)Nc2ccc(I)cc2)n(C)c1=O. The van der Waals surface area contributed by atoms with E-state index in [0.717, 1.165) is 13.8 Å². The number of nitrogens with zero attached hydrogens (tertiary/aromatic N) is 4. The quantitative estimate of drug-likeness (QED) is 0.599. The van der Waals surface area contributed by atoms with Crippen molar-refractivity contribution < 1.29 is 4.79 Å². The van der Waals surface area contributed by atoms with Crippen molar-refractivity contribution in [2.24, 2.45) is 14.1 Å². The van der Waals surface area contributed by atoms with E-state index in [2.05, 4.69) is 32.9 Å². The molecule has 2 aromatic heterocycles. The molecular formula is C16H16IN5O3. The highest BCUT2D eigenvalue weighted by molar-refractivity contribution is 14.1. The van der Waals surface area contributed by atoms with Crippen molar-refractivity contribution in [3.05, 3.63) is 55.0 Å². The molecule has 0 aliphatic heterocycles. The average molecular weight is 453 g/mol. The van der Waals surface area contributed by atoms with Gasteiger partial charge in [0.05, 0.1) is 6.33 Å². The third-order valence-corrected chi connectivity index (χ3v) is 4.64. The fraction of sp³-hybridized carbons (Fsp3) is 0.250. The summed E-state index contributed by atoms with van der Waals surface area (Å²) in [5.41, 5.74) is 0.491. The number of benzene rings is 1. The van der Waals surface area contributed by atoms with E-state index in [1.165, 1.54) is 17.9 Å². The second kappa shape index (κ2) is 6.82. The zero-order valence-electron chi connectivity index (χ0n) is 13.7. The number of carbonyl (C=O) groups excluding carboxylic acids is 1. The van der Waals surface area contributed by atoms with E-state index in [9.17, 15) is 14.4 Å². The van der Waals surface area contributed by atoms with Crippen molar-refractivity contribution in [2.75, 3.05) is 5.32 Å². The van der Waals surface area contributed by atoms with Crippen LogP contribution in [0, 0.1) is 3.57 Å². The lowest BCUT2D eigenvalue weighted by molar-refractivity contribution is -0.116. The minimum Gasteiger partial charge on any atom is -0.326 e. The zero-order valence-corrected chi connectivity index (χ0v) is 15.9. The van der Waals surface area contributed by atoms with Crippen LogP contribution in [0.15, 0.2) is 40.2 Å². The Morgan fingerprint density at radius 1 is 1.16 bits per heavy atom. The Morgan fingerprint density at radius 3 is 2.52 bits per heavy atom. The summed E-state index contributed by atoms with van der Waals surface area (Å²) in [5, 5.41) is 2.81. The van der Waals surface area contributed by atoms with Crippen LogP contribution in [-0.2, 0) is 25.4 Å². The first-order valence-electron chi connectivity index (χ1n) is 7.54. The molecule has 0 atom stereocenters. The highest BCUT2D eigenvalue weighted by Gasteiger charge is 2.14. The normalized spacial score (nSPS) is 11.0. The smallest absolute Gasteiger partial charge is 0.326 e. The van der Waals surface area contributed by atoms with Gasteiger partial charge in [0.2, 0.25) is 5.91 Å². The van der Waals surface area contributed by atoms with Crippen molar-refractivity contribution in [3.8, 4) is 0 Å². The third-order valence-electron chi connectivity index (χ3n) is 3.92. The number of fused-ring (bicyclic) bond motifs is 1. The standard InChI is InChI=1S/C16H16IN5O3/c1-20-14-13(15(24)21(2)16(20)25)22(9-18-14)8-7-12(23)19-11-5-3-10(17)4-6-11/h3-6,9H,7-8H2,1-2H3,(H,19,23). The van der Waals surface area contributed by atoms with E-state index in [4.69, 9.17) is 0 Å². The number of halogens is 1. The number of carbonyl (C=O) groups is 1. The summed E-state index contributed by atoms with van der Waals surface area (Å²) in [5.74, 6) is -0.162. The molecule has 1 aromatic carbocycles. The fourth-order valence-corrected chi connectivity index (χ4v) is 2.90. The lowest BCUT2D eigenvalue weighted by Crippen LogP contribution is -2.37. The number of aryl methyl sites for hydroxylation is 2. The number of imidazole rings is 1. The van der Waals surface area contributed by atoms with E-state index in [1.54, 1.807) is 11.6 Å². The van der Waals surface area contributed by atoms with Crippen LogP contribution in [0.1, 0.15) is 6.42 Å². The van der Waals surface area contributed by atoms with Crippen LogP contribution in [0.4, 0.5) is 5.69 Å². The van der Waals surface area contributed by atoms with Crippen LogP contribution < -0.4 is 16.6 Å². The fourth-order valence-electron chi connectivity index (χ4n) is 2.55. The Balaban J connectivity index is 1.80. The van der Waals surface area contributed by atoms with Gasteiger partial charge >= 0.3 is 5.69 Å². The first-order valence-corrected chi connectivity index (χ1v) is 8.62. The summed E-state index contributed by atoms with van der Waals surface area (Å²) in [6.07, 6.45) is 1.66. The van der Waals surface area contributed by atoms with Gasteiger partial charge in [0.25, 0.3) is 5.56 Å². The zero-order chi connectivity index (χ0) is 18.1. The van der Waals surface area contributed by atoms with Crippen LogP contribution in [-0.4, -0.2) is 24.6 Å². The van der Waals surface area contributed by atoms with Gasteiger partial charge in [0, 0.05) is 36.3 Å². The Bertz CT molecular complexity index is 1060. The van der Waals surface area contributed by atoms with Gasteiger partial charge in [0.15, 0.2) is 11.2 Å². The van der Waals surface area contributed by atoms with Crippen LogP contribution in [0.25, 0.3) is 11.2 Å². The summed E-state index contributed by atoms with van der Waals surface area (Å²) >= 11 is 2.19. The minimum atomic E-state index is -0.431. The van der Waals surface area contributed by atoms with Gasteiger partial charge < -0.3 is 9.88 Å². The number of nitrogens with one attached hydrogen (secondary N) is 1. The predicted octanol–water partition coefficient (Wildman–Crippen LogP) is 1.07. The molecule has 0 radical (unpaired) electrons. The molecule has 0 aliphatic rings. The second-order valence-corrected chi connectivity index (χ2v) is 6.87. The van der Waals surface area contributed by atoms with Crippen molar-refractivity contribution in [1.82, 2.24) is 18.7 Å². The molecule has 3 rings (SSSR count). The third kappa shape index (κ3) is 3.36. The molecule has 0 aliphatic carbocycles. The molecule has 1 amide bonds. The van der Waals surface area contributed by atoms with Crippen LogP contribution in [0.2, 0.25) is 0 Å². The largest absolute Gasteiger partial charge is 0.332 e. The molecule has 0 spiro atoms. The molecule has 0 saturated heterocycles. The number of hydrogen-bond donors (Lipinski definition) is 1. The predicted molar refractivity (Wildman–Crippen MR) is 103 cm³/mol. The van der Waals surface area contributed by atoms with Gasteiger partial charge in [-0.3, -0.25) is 18.7 Å². The molecule has 9 heteroatoms. The summed E-state index contributed by atoms with van der Waals surface area (Å²) < 4.78 is 5.04. The van der Waals surface area contributed by atoms with Gasteiger partial charge in [-0.15, -0.1) is 0 Å². The Kier molecular flexibility index (Phi) is 4.75. The van der Waals surface area contributed by atoms with E-state index in [1.807, 2.05) is 24.3 Å². The number of amides is 1. The summed E-state index contributed by atoms with van der Waals surface area (Å²) in [4.78, 5) is 40.5. The summed E-state index contributed by atoms with van der Waals surface area (Å²) in [6, 6.07) is 7.48. The van der Waals surface area contributed by atoms with Crippen molar-refractivity contribution in [2.45, 2.75) is 13.0 Å². The Morgan fingerprint density at radius 2 is 1.84 bits per heavy atom. The first kappa shape index (κ1) is 17.4. The molecule has 3 aromatic rings. The Labute approximate surface area is 156 Å². The summed E-state index contributed by atoms with van der Waals surface area (Å²) in [6.45, 7) is 0.292. The number of anilines is 1. The maximum Gasteiger partial charge on any atom is 0.332 e. The van der Waals surface area contributed by atoms with Crippen LogP contribution in [0.5, 0.6) is 0 Å². The minimum absolute atomic E-state index is 0.162. The monoisotopic (exact) mass is 453 g/mol. The highest BCUT2D eigenvalue weighted by Crippen LogP contribution is 2.12. The van der Waals surface area contributed by atoms with Crippen molar-refractivity contribution >= 4 is 45.3 Å². The van der Waals surface area contributed by atoms with Gasteiger partial charge in [-0.2, -0.15) is 0 Å². The molecule has 0 saturated carbocycles. The van der Waals surface area contributed by atoms with Gasteiger partial charge in [-0.1, -0.05) is 0 Å². The number of hydrogen-bond acceptors (Lipinski definition) is 4. The Hall–Kier alpha value is -2.43. The lowest BCUT2D eigenvalue weighted by atomic mass is 10.3. The highest BCUT2D eigenvalue weighted by atomic mass is 127. The molecule has 0 unspecified atom stereocenters. The van der Waals surface area contributed by atoms with Crippen molar-refractivity contribution in [1.29, 1.82) is 0 Å². The molecule has 25 heavy (non-hydrogen) atoms. The van der Waals surface area contributed by atoms with E-state index in [0.29, 0.717) is 17.7 Å². The van der Waals surface area contributed by atoms with Crippen LogP contribution in [0.3, 0.4) is 0 Å². The average Bonchev–Trinajstić information content (AvgIpc) is 3.02.